The van der Waals surface area contributed by atoms with Gasteiger partial charge >= 0.3 is 0 Å². The molecule has 0 saturated carbocycles. The average Bonchev–Trinajstić information content (AvgIpc) is 2.15. The summed E-state index contributed by atoms with van der Waals surface area (Å²) in [7, 11) is 0. The van der Waals surface area contributed by atoms with Crippen molar-refractivity contribution in [3.8, 4) is 0 Å². The molecule has 1 aliphatic rings. The summed E-state index contributed by atoms with van der Waals surface area (Å²) < 4.78 is 1.11. The van der Waals surface area contributed by atoms with Gasteiger partial charge in [0.1, 0.15) is 0 Å². The number of aryl methyl sites for hydroxylation is 2. The molecule has 0 bridgehead atoms. The minimum atomic E-state index is 0.832. The molecule has 0 atom stereocenters. The van der Waals surface area contributed by atoms with Crippen molar-refractivity contribution in [3.05, 3.63) is 33.8 Å². The van der Waals surface area contributed by atoms with Crippen LogP contribution in [-0.4, -0.2) is 0 Å². The summed E-state index contributed by atoms with van der Waals surface area (Å²) in [6, 6.07) is 2.00. The predicted octanol–water partition coefficient (Wildman–Crippen LogP) is 1.82. The number of hydrogen-bond donors (Lipinski definition) is 0. The lowest BCUT2D eigenvalue weighted by molar-refractivity contribution is -0.621. The summed E-state index contributed by atoms with van der Waals surface area (Å²) in [6.45, 7) is 3.99. The van der Waals surface area contributed by atoms with Gasteiger partial charge in [0.2, 0.25) is 0 Å². The Kier molecular flexibility index (Phi) is 1.98. The normalized spacial score (nSPS) is 15.5. The first-order valence-corrected chi connectivity index (χ1v) is 4.91. The highest BCUT2D eigenvalue weighted by Gasteiger charge is 2.20. The lowest BCUT2D eigenvalue weighted by atomic mass is 9.92. The summed E-state index contributed by atoms with van der Waals surface area (Å²) in [6.07, 6.45) is 4.44. The molecule has 1 aromatic rings. The van der Waals surface area contributed by atoms with Crippen LogP contribution in [0.1, 0.15) is 35.4 Å². The molecular weight excluding hydrogens is 162 g/mol. The van der Waals surface area contributed by atoms with Gasteiger partial charge in [-0.2, -0.15) is 4.73 Å². The van der Waals surface area contributed by atoms with E-state index < -0.39 is 0 Å². The van der Waals surface area contributed by atoms with E-state index in [0.29, 0.717) is 0 Å². The Labute approximate surface area is 78.8 Å². The number of pyridine rings is 1. The van der Waals surface area contributed by atoms with E-state index in [2.05, 4.69) is 6.92 Å². The van der Waals surface area contributed by atoms with E-state index in [1.807, 2.05) is 13.0 Å². The van der Waals surface area contributed by atoms with Crippen molar-refractivity contribution in [2.45, 2.75) is 39.5 Å². The van der Waals surface area contributed by atoms with Crippen LogP contribution in [0.4, 0.5) is 0 Å². The molecule has 2 heteroatoms. The van der Waals surface area contributed by atoms with Crippen LogP contribution < -0.4 is 4.73 Å². The minimum Gasteiger partial charge on any atom is -0.618 e. The fourth-order valence-corrected chi connectivity index (χ4v) is 2.21. The maximum atomic E-state index is 11.7. The number of rotatable bonds is 0. The monoisotopic (exact) mass is 177 g/mol. The zero-order valence-corrected chi connectivity index (χ0v) is 8.26. The van der Waals surface area contributed by atoms with Crippen molar-refractivity contribution in [2.24, 2.45) is 0 Å². The van der Waals surface area contributed by atoms with Crippen LogP contribution >= 0.6 is 0 Å². The molecule has 0 aliphatic heterocycles. The third-order valence-corrected chi connectivity index (χ3v) is 2.91. The molecule has 0 aromatic carbocycles. The van der Waals surface area contributed by atoms with Crippen LogP contribution in [0.2, 0.25) is 0 Å². The van der Waals surface area contributed by atoms with Gasteiger partial charge in [-0.15, -0.1) is 0 Å². The molecule has 0 spiro atoms. The van der Waals surface area contributed by atoms with Gasteiger partial charge in [0.05, 0.1) is 0 Å². The van der Waals surface area contributed by atoms with Gasteiger partial charge in [0, 0.05) is 25.0 Å². The topological polar surface area (TPSA) is 26.9 Å². The molecule has 2 rings (SSSR count). The third-order valence-electron chi connectivity index (χ3n) is 2.91. The van der Waals surface area contributed by atoms with E-state index in [-0.39, 0.29) is 0 Å². The molecule has 13 heavy (non-hydrogen) atoms. The van der Waals surface area contributed by atoms with Crippen molar-refractivity contribution in [2.75, 3.05) is 0 Å². The maximum absolute atomic E-state index is 11.7. The van der Waals surface area contributed by atoms with Gasteiger partial charge in [0.15, 0.2) is 11.4 Å². The Morgan fingerprint density at radius 3 is 2.69 bits per heavy atom. The molecule has 2 nitrogen and oxygen atoms in total. The summed E-state index contributed by atoms with van der Waals surface area (Å²) in [5, 5.41) is 11.7. The number of nitrogens with zero attached hydrogens (tertiary/aromatic N) is 1. The first-order chi connectivity index (χ1) is 6.20. The van der Waals surface area contributed by atoms with Crippen molar-refractivity contribution >= 4 is 0 Å². The number of hydrogen-bond acceptors (Lipinski definition) is 1. The van der Waals surface area contributed by atoms with E-state index in [1.54, 1.807) is 0 Å². The van der Waals surface area contributed by atoms with E-state index in [4.69, 9.17) is 0 Å². The maximum Gasteiger partial charge on any atom is 0.196 e. The molecule has 0 amide bonds. The predicted molar refractivity (Wildman–Crippen MR) is 51.5 cm³/mol. The second-order valence-electron chi connectivity index (χ2n) is 3.90. The lowest BCUT2D eigenvalue weighted by Crippen LogP contribution is -2.38. The van der Waals surface area contributed by atoms with Crippen molar-refractivity contribution < 1.29 is 4.73 Å². The second-order valence-corrected chi connectivity index (χ2v) is 3.90. The Morgan fingerprint density at radius 1 is 1.23 bits per heavy atom. The molecule has 1 aromatic heterocycles. The molecular formula is C11H15NO. The average molecular weight is 177 g/mol. The fourth-order valence-electron chi connectivity index (χ4n) is 2.21. The molecule has 0 N–H and O–H groups in total. The largest absolute Gasteiger partial charge is 0.618 e. The number of fused-ring (bicyclic) bond motifs is 1. The smallest absolute Gasteiger partial charge is 0.196 e. The highest BCUT2D eigenvalue weighted by atomic mass is 16.5. The van der Waals surface area contributed by atoms with Gasteiger partial charge in [-0.1, -0.05) is 0 Å². The van der Waals surface area contributed by atoms with Crippen LogP contribution in [0.3, 0.4) is 0 Å². The van der Waals surface area contributed by atoms with Crippen molar-refractivity contribution in [3.63, 3.8) is 0 Å². The summed E-state index contributed by atoms with van der Waals surface area (Å²) in [4.78, 5) is 0. The zero-order valence-electron chi connectivity index (χ0n) is 8.26. The minimum absolute atomic E-state index is 0.832. The fraction of sp³-hybridized carbons (Fsp3) is 0.545. The van der Waals surface area contributed by atoms with Gasteiger partial charge in [0.25, 0.3) is 0 Å². The van der Waals surface area contributed by atoms with Crippen LogP contribution in [0.15, 0.2) is 6.07 Å². The quantitative estimate of drug-likeness (QED) is 0.438. The van der Waals surface area contributed by atoms with Crippen LogP contribution in [0.25, 0.3) is 0 Å². The SMILES string of the molecule is Cc1cc(C)[n+]([O-])c2c1CCCC2. The van der Waals surface area contributed by atoms with Gasteiger partial charge < -0.3 is 5.21 Å². The third kappa shape index (κ3) is 1.30. The van der Waals surface area contributed by atoms with E-state index in [1.165, 1.54) is 17.5 Å². The molecule has 0 fully saturated rings. The van der Waals surface area contributed by atoms with E-state index >= 15 is 0 Å². The summed E-state index contributed by atoms with van der Waals surface area (Å²) >= 11 is 0. The van der Waals surface area contributed by atoms with Crippen LogP contribution in [-0.2, 0) is 12.8 Å². The molecule has 1 heterocycles. The molecule has 0 saturated heterocycles. The Hall–Kier alpha value is -1.05. The van der Waals surface area contributed by atoms with Gasteiger partial charge in [-0.05, 0) is 31.7 Å². The lowest BCUT2D eigenvalue weighted by Gasteiger charge is -2.18. The standard InChI is InChI=1S/C11H15NO/c1-8-7-9(2)12(13)11-6-4-3-5-10(8)11/h7H,3-6H2,1-2H3. The highest BCUT2D eigenvalue weighted by molar-refractivity contribution is 5.29. The summed E-state index contributed by atoms with van der Waals surface area (Å²) in [5.74, 6) is 0. The van der Waals surface area contributed by atoms with Crippen molar-refractivity contribution in [1.82, 2.24) is 0 Å². The molecule has 70 valence electrons. The number of aromatic nitrogens is 1. The Bertz CT molecular complexity index is 344. The summed E-state index contributed by atoms with van der Waals surface area (Å²) in [5.41, 5.74) is 4.44. The van der Waals surface area contributed by atoms with Gasteiger partial charge in [-0.25, -0.2) is 0 Å². The highest BCUT2D eigenvalue weighted by Crippen LogP contribution is 2.21. The molecule has 0 radical (unpaired) electrons. The van der Waals surface area contributed by atoms with E-state index in [9.17, 15) is 5.21 Å². The molecule has 0 unspecified atom stereocenters. The van der Waals surface area contributed by atoms with Crippen LogP contribution in [0.5, 0.6) is 0 Å². The Balaban J connectivity index is 2.63. The van der Waals surface area contributed by atoms with Crippen molar-refractivity contribution in [1.29, 1.82) is 0 Å². The first kappa shape index (κ1) is 8.54. The van der Waals surface area contributed by atoms with Gasteiger partial charge in [-0.3, -0.25) is 0 Å². The van der Waals surface area contributed by atoms with E-state index in [0.717, 1.165) is 35.4 Å². The second kappa shape index (κ2) is 3.02. The molecule has 1 aliphatic carbocycles. The first-order valence-electron chi connectivity index (χ1n) is 4.91. The zero-order chi connectivity index (χ0) is 9.42. The Morgan fingerprint density at radius 2 is 1.92 bits per heavy atom. The van der Waals surface area contributed by atoms with Crippen LogP contribution in [0, 0.1) is 19.1 Å².